The third-order valence-corrected chi connectivity index (χ3v) is 6.87. The number of aryl methyl sites for hydroxylation is 2. The molecule has 0 bridgehead atoms. The lowest BCUT2D eigenvalue weighted by atomic mass is 10.1. The highest BCUT2D eigenvalue weighted by Crippen LogP contribution is 2.22. The third kappa shape index (κ3) is 4.91. The van der Waals surface area contributed by atoms with Gasteiger partial charge in [-0.15, -0.1) is 0 Å². The molecule has 150 valence electrons. The van der Waals surface area contributed by atoms with E-state index in [1.165, 1.54) is 8.61 Å². The molecule has 0 saturated carbocycles. The summed E-state index contributed by atoms with van der Waals surface area (Å²) in [7, 11) is -3.70. The first-order valence-corrected chi connectivity index (χ1v) is 10.9. The van der Waals surface area contributed by atoms with Crippen molar-refractivity contribution in [3.63, 3.8) is 0 Å². The molecular weight excluding hydrogens is 398 g/mol. The lowest BCUT2D eigenvalue weighted by Gasteiger charge is -2.34. The van der Waals surface area contributed by atoms with Crippen molar-refractivity contribution in [1.82, 2.24) is 8.61 Å². The fourth-order valence-corrected chi connectivity index (χ4v) is 5.04. The standard InChI is InChI=1S/C20H24ClN3O3S/c1-15-5-3-6-17(11-15)13-23-9-4-10-24(28(23,26)27)14-20(25)22-19-12-18(21)8-7-16(19)2/h3,5-8,11-12H,4,9-10,13-14H2,1-2H3,(H,22,25). The van der Waals surface area contributed by atoms with E-state index >= 15 is 0 Å². The number of carbonyl (C=O) groups excluding carboxylic acids is 1. The molecule has 3 rings (SSSR count). The summed E-state index contributed by atoms with van der Waals surface area (Å²) in [5.74, 6) is -0.383. The second kappa shape index (κ2) is 8.61. The van der Waals surface area contributed by atoms with Gasteiger partial charge in [-0.25, -0.2) is 0 Å². The number of hydrogen-bond acceptors (Lipinski definition) is 3. The first-order chi connectivity index (χ1) is 13.3. The molecule has 28 heavy (non-hydrogen) atoms. The molecule has 1 amide bonds. The molecule has 0 aliphatic carbocycles. The van der Waals surface area contributed by atoms with Gasteiger partial charge in [0.15, 0.2) is 0 Å². The van der Waals surface area contributed by atoms with Gasteiger partial charge in [0.1, 0.15) is 0 Å². The average molecular weight is 422 g/mol. The van der Waals surface area contributed by atoms with E-state index in [0.717, 1.165) is 16.7 Å². The fraction of sp³-hybridized carbons (Fsp3) is 0.350. The summed E-state index contributed by atoms with van der Waals surface area (Å²) < 4.78 is 28.6. The molecule has 6 nitrogen and oxygen atoms in total. The second-order valence-corrected chi connectivity index (χ2v) is 9.39. The number of carbonyl (C=O) groups is 1. The Morgan fingerprint density at radius 1 is 1.11 bits per heavy atom. The molecular formula is C20H24ClN3O3S. The number of anilines is 1. The maximum absolute atomic E-state index is 13.0. The van der Waals surface area contributed by atoms with E-state index < -0.39 is 10.2 Å². The molecule has 1 saturated heterocycles. The van der Waals surface area contributed by atoms with Crippen LogP contribution < -0.4 is 5.32 Å². The Labute approximate surface area is 171 Å². The van der Waals surface area contributed by atoms with Gasteiger partial charge in [0.2, 0.25) is 5.91 Å². The minimum atomic E-state index is -3.70. The van der Waals surface area contributed by atoms with Crippen LogP contribution in [0.5, 0.6) is 0 Å². The van der Waals surface area contributed by atoms with Crippen LogP contribution >= 0.6 is 11.6 Å². The van der Waals surface area contributed by atoms with Gasteiger partial charge < -0.3 is 5.32 Å². The van der Waals surface area contributed by atoms with E-state index in [2.05, 4.69) is 5.32 Å². The Morgan fingerprint density at radius 2 is 1.86 bits per heavy atom. The van der Waals surface area contributed by atoms with Crippen molar-refractivity contribution in [2.24, 2.45) is 0 Å². The molecule has 0 radical (unpaired) electrons. The van der Waals surface area contributed by atoms with Crippen LogP contribution in [0.4, 0.5) is 5.69 Å². The van der Waals surface area contributed by atoms with E-state index in [-0.39, 0.29) is 12.5 Å². The van der Waals surface area contributed by atoms with E-state index in [9.17, 15) is 13.2 Å². The van der Waals surface area contributed by atoms with Crippen LogP contribution in [0.15, 0.2) is 42.5 Å². The number of nitrogens with zero attached hydrogens (tertiary/aromatic N) is 2. The lowest BCUT2D eigenvalue weighted by Crippen LogP contribution is -2.51. The molecule has 1 aliphatic heterocycles. The topological polar surface area (TPSA) is 69.7 Å². The molecule has 8 heteroatoms. The second-order valence-electron chi connectivity index (χ2n) is 7.02. The SMILES string of the molecule is Cc1cccc(CN2CCCN(CC(=O)Nc3cc(Cl)ccc3C)S2(=O)=O)c1. The first-order valence-electron chi connectivity index (χ1n) is 9.12. The summed E-state index contributed by atoms with van der Waals surface area (Å²) in [5, 5.41) is 3.27. The zero-order valence-corrected chi connectivity index (χ0v) is 17.6. The van der Waals surface area contributed by atoms with E-state index in [4.69, 9.17) is 11.6 Å². The van der Waals surface area contributed by atoms with Crippen LogP contribution in [-0.4, -0.2) is 42.6 Å². The van der Waals surface area contributed by atoms with Gasteiger partial charge in [-0.2, -0.15) is 17.0 Å². The number of halogens is 1. The number of hydrogen-bond donors (Lipinski definition) is 1. The number of amides is 1. The van der Waals surface area contributed by atoms with Gasteiger partial charge in [0.05, 0.1) is 6.54 Å². The van der Waals surface area contributed by atoms with Crippen LogP contribution in [0, 0.1) is 13.8 Å². The van der Waals surface area contributed by atoms with Crippen molar-refractivity contribution in [1.29, 1.82) is 0 Å². The summed E-state index contributed by atoms with van der Waals surface area (Å²) in [6.07, 6.45) is 0.675. The predicted octanol–water partition coefficient (Wildman–Crippen LogP) is 3.35. The van der Waals surface area contributed by atoms with Crippen LogP contribution in [0.25, 0.3) is 0 Å². The lowest BCUT2D eigenvalue weighted by molar-refractivity contribution is -0.116. The molecule has 1 fully saturated rings. The van der Waals surface area contributed by atoms with Crippen LogP contribution in [0.3, 0.4) is 0 Å². The van der Waals surface area contributed by atoms with Gasteiger partial charge in [0.25, 0.3) is 10.2 Å². The van der Waals surface area contributed by atoms with Crippen molar-refractivity contribution in [3.05, 3.63) is 64.2 Å². The summed E-state index contributed by atoms with van der Waals surface area (Å²) in [6, 6.07) is 13.0. The minimum absolute atomic E-state index is 0.224. The highest BCUT2D eigenvalue weighted by atomic mass is 35.5. The monoisotopic (exact) mass is 421 g/mol. The minimum Gasteiger partial charge on any atom is -0.325 e. The van der Waals surface area contributed by atoms with Crippen molar-refractivity contribution in [2.45, 2.75) is 26.8 Å². The highest BCUT2D eigenvalue weighted by molar-refractivity contribution is 7.86. The molecule has 0 spiro atoms. The van der Waals surface area contributed by atoms with Crippen LogP contribution in [0.1, 0.15) is 23.1 Å². The average Bonchev–Trinajstić information content (AvgIpc) is 2.62. The van der Waals surface area contributed by atoms with Gasteiger partial charge in [-0.05, 0) is 43.5 Å². The van der Waals surface area contributed by atoms with Crippen molar-refractivity contribution in [2.75, 3.05) is 25.0 Å². The highest BCUT2D eigenvalue weighted by Gasteiger charge is 2.34. The van der Waals surface area contributed by atoms with E-state index in [0.29, 0.717) is 36.8 Å². The zero-order chi connectivity index (χ0) is 20.3. The molecule has 2 aromatic rings. The Kier molecular flexibility index (Phi) is 6.40. The number of rotatable bonds is 5. The van der Waals surface area contributed by atoms with Crippen LogP contribution in [0.2, 0.25) is 5.02 Å². The quantitative estimate of drug-likeness (QED) is 0.804. The fourth-order valence-electron chi connectivity index (χ4n) is 3.23. The Morgan fingerprint density at radius 3 is 2.61 bits per heavy atom. The molecule has 0 aromatic heterocycles. The summed E-state index contributed by atoms with van der Waals surface area (Å²) in [6.45, 7) is 4.68. The third-order valence-electron chi connectivity index (χ3n) is 4.70. The van der Waals surface area contributed by atoms with Crippen molar-refractivity contribution in [3.8, 4) is 0 Å². The normalized spacial score (nSPS) is 17.4. The predicted molar refractivity (Wildman–Crippen MR) is 112 cm³/mol. The number of benzene rings is 2. The smallest absolute Gasteiger partial charge is 0.282 e. The Balaban J connectivity index is 1.69. The molecule has 0 atom stereocenters. The van der Waals surface area contributed by atoms with Gasteiger partial charge in [-0.1, -0.05) is 47.5 Å². The maximum atomic E-state index is 13.0. The van der Waals surface area contributed by atoms with Crippen molar-refractivity contribution >= 4 is 33.4 Å². The van der Waals surface area contributed by atoms with Gasteiger partial charge in [-0.3, -0.25) is 4.79 Å². The Hall–Kier alpha value is -1.93. The van der Waals surface area contributed by atoms with E-state index in [1.54, 1.807) is 18.2 Å². The molecule has 1 heterocycles. The zero-order valence-electron chi connectivity index (χ0n) is 16.0. The molecule has 0 unspecified atom stereocenters. The first kappa shape index (κ1) is 20.8. The van der Waals surface area contributed by atoms with Crippen LogP contribution in [-0.2, 0) is 21.5 Å². The largest absolute Gasteiger partial charge is 0.325 e. The van der Waals surface area contributed by atoms with E-state index in [1.807, 2.05) is 38.1 Å². The van der Waals surface area contributed by atoms with Crippen molar-refractivity contribution < 1.29 is 13.2 Å². The summed E-state index contributed by atoms with van der Waals surface area (Å²) in [5.41, 5.74) is 3.47. The maximum Gasteiger partial charge on any atom is 0.282 e. The molecule has 1 N–H and O–H groups in total. The molecule has 1 aliphatic rings. The Bertz CT molecular complexity index is 978. The summed E-state index contributed by atoms with van der Waals surface area (Å²) >= 11 is 5.98. The number of nitrogens with one attached hydrogen (secondary N) is 1. The van der Waals surface area contributed by atoms with Gasteiger partial charge >= 0.3 is 0 Å². The summed E-state index contributed by atoms with van der Waals surface area (Å²) in [4.78, 5) is 12.5. The van der Waals surface area contributed by atoms with Gasteiger partial charge in [0, 0.05) is 30.3 Å². The molecule has 2 aromatic carbocycles.